The fraction of sp³-hybridized carbons (Fsp3) is 0.300. The third-order valence-corrected chi connectivity index (χ3v) is 2.09. The van der Waals surface area contributed by atoms with Crippen molar-refractivity contribution in [2.75, 3.05) is 0 Å². The van der Waals surface area contributed by atoms with Gasteiger partial charge in [0, 0.05) is 5.56 Å². The van der Waals surface area contributed by atoms with E-state index in [4.69, 9.17) is 0 Å². The maximum atomic E-state index is 12.3. The van der Waals surface area contributed by atoms with Gasteiger partial charge in [-0.1, -0.05) is 12.1 Å². The minimum Gasteiger partial charge on any atom is -0.473 e. The second-order valence-corrected chi connectivity index (χ2v) is 3.15. The highest BCUT2D eigenvalue weighted by molar-refractivity contribution is 5.26. The van der Waals surface area contributed by atoms with Crippen LogP contribution >= 0.6 is 0 Å². The van der Waals surface area contributed by atoms with Crippen molar-refractivity contribution in [3.63, 3.8) is 0 Å². The lowest BCUT2D eigenvalue weighted by atomic mass is 10.1. The molecule has 0 aliphatic heterocycles. The van der Waals surface area contributed by atoms with E-state index in [2.05, 4.69) is 7.05 Å². The van der Waals surface area contributed by atoms with E-state index < -0.39 is 11.7 Å². The molecule has 0 saturated heterocycles. The predicted octanol–water partition coefficient (Wildman–Crippen LogP) is 2.12. The van der Waals surface area contributed by atoms with Crippen LogP contribution in [0.3, 0.4) is 0 Å². The van der Waals surface area contributed by atoms with Crippen molar-refractivity contribution >= 4 is 0 Å². The molecule has 0 bridgehead atoms. The lowest BCUT2D eigenvalue weighted by Gasteiger charge is -2.13. The first-order valence-electron chi connectivity index (χ1n) is 4.25. The molecule has 0 saturated carbocycles. The summed E-state index contributed by atoms with van der Waals surface area (Å²) < 4.78 is 36.9. The number of alkyl halides is 3. The molecule has 1 aromatic carbocycles. The van der Waals surface area contributed by atoms with Gasteiger partial charge in [0.05, 0.1) is 11.6 Å². The normalized spacial score (nSPS) is 14.1. The number of rotatable bonds is 2. The summed E-state index contributed by atoms with van der Waals surface area (Å²) in [5.74, 6) is 0. The van der Waals surface area contributed by atoms with Gasteiger partial charge in [-0.2, -0.15) is 20.2 Å². The Labute approximate surface area is 80.9 Å². The molecule has 2 N–H and O–H groups in total. The Bertz CT molecular complexity index is 306. The molecule has 0 aliphatic carbocycles. The number of hydrogen-bond acceptors (Lipinski definition) is 0. The fourth-order valence-corrected chi connectivity index (χ4v) is 1.13. The molecule has 0 aliphatic rings. The molecule has 0 fully saturated rings. The highest BCUT2D eigenvalue weighted by atomic mass is 19.4. The van der Waals surface area contributed by atoms with Gasteiger partial charge in [0.1, 0.15) is 0 Å². The van der Waals surface area contributed by atoms with Crippen LogP contribution in [0.4, 0.5) is 13.2 Å². The molecule has 0 heterocycles. The van der Waals surface area contributed by atoms with Crippen molar-refractivity contribution in [2.45, 2.75) is 19.1 Å². The molecular formula is C10H12F3N. The van der Waals surface area contributed by atoms with Crippen LogP contribution in [0.2, 0.25) is 0 Å². The maximum absolute atomic E-state index is 12.3. The minimum atomic E-state index is -4.27. The second kappa shape index (κ2) is 4.00. The Balaban J connectivity index is 3.01. The molecule has 14 heavy (non-hydrogen) atoms. The lowest BCUT2D eigenvalue weighted by Crippen LogP contribution is -2.77. The summed E-state index contributed by atoms with van der Waals surface area (Å²) in [6.45, 7) is 1.81. The van der Waals surface area contributed by atoms with Gasteiger partial charge in [0.2, 0.25) is 0 Å². The van der Waals surface area contributed by atoms with Gasteiger partial charge >= 0.3 is 6.18 Å². The Morgan fingerprint density at radius 3 is 2.50 bits per heavy atom. The first-order chi connectivity index (χ1) is 6.45. The van der Waals surface area contributed by atoms with Crippen LogP contribution in [0.15, 0.2) is 24.3 Å². The van der Waals surface area contributed by atoms with Crippen LogP contribution in [-0.2, 0) is 6.18 Å². The number of hydrogen-bond donors (Lipinski definition) is 1. The molecule has 0 spiro atoms. The molecule has 1 unspecified atom stereocenters. The summed E-state index contributed by atoms with van der Waals surface area (Å²) in [7, 11) is 3.55. The first kappa shape index (κ1) is 11.0. The molecule has 1 nitrogen and oxygen atoms in total. The van der Waals surface area contributed by atoms with Gasteiger partial charge in [0.25, 0.3) is 0 Å². The van der Waals surface area contributed by atoms with Crippen molar-refractivity contribution < 1.29 is 18.5 Å². The number of benzene rings is 1. The summed E-state index contributed by atoms with van der Waals surface area (Å²) in [5.41, 5.74) is 0.0264. The Hall–Kier alpha value is -1.03. The van der Waals surface area contributed by atoms with Gasteiger partial charge in [-0.05, 0) is 19.1 Å². The van der Waals surface area contributed by atoms with Gasteiger partial charge in [-0.25, -0.2) is 0 Å². The molecule has 1 rings (SSSR count). The molecule has 1 aromatic rings. The number of halogens is 3. The summed E-state index contributed by atoms with van der Waals surface area (Å²) in [4.78, 5) is 0. The van der Waals surface area contributed by atoms with E-state index in [-0.39, 0.29) is 6.04 Å². The average molecular weight is 203 g/mol. The third-order valence-electron chi connectivity index (χ3n) is 2.09. The van der Waals surface area contributed by atoms with Crippen LogP contribution in [0.5, 0.6) is 0 Å². The maximum Gasteiger partial charge on any atom is 0.416 e. The summed E-state index contributed by atoms with van der Waals surface area (Å²) in [6.07, 6.45) is -4.27. The standard InChI is InChI=1S/C10H12F3N/c1-7(14-2)8-4-3-5-9(6-8)10(11,12)13/h3-7H,2,14H2,1H3. The Morgan fingerprint density at radius 1 is 1.36 bits per heavy atom. The SMILES string of the molecule is [CH2-][NH2+]C(C)c1cccc(C(F)(F)F)c1. The quantitative estimate of drug-likeness (QED) is 0.709. The van der Waals surface area contributed by atoms with Crippen LogP contribution in [0, 0.1) is 7.05 Å². The summed E-state index contributed by atoms with van der Waals surface area (Å²) in [5, 5.41) is 1.62. The molecule has 1 atom stereocenters. The van der Waals surface area contributed by atoms with E-state index >= 15 is 0 Å². The predicted molar refractivity (Wildman–Crippen MR) is 47.1 cm³/mol. The van der Waals surface area contributed by atoms with Gasteiger partial charge in [-0.15, -0.1) is 0 Å². The summed E-state index contributed by atoms with van der Waals surface area (Å²) in [6, 6.07) is 5.25. The van der Waals surface area contributed by atoms with Crippen LogP contribution in [0.25, 0.3) is 0 Å². The summed E-state index contributed by atoms with van der Waals surface area (Å²) >= 11 is 0. The van der Waals surface area contributed by atoms with E-state index in [1.807, 2.05) is 6.92 Å². The van der Waals surface area contributed by atoms with E-state index in [1.54, 1.807) is 11.4 Å². The van der Waals surface area contributed by atoms with Crippen molar-refractivity contribution in [3.05, 3.63) is 42.4 Å². The fourth-order valence-electron chi connectivity index (χ4n) is 1.13. The van der Waals surface area contributed by atoms with Crippen molar-refractivity contribution in [1.82, 2.24) is 0 Å². The Morgan fingerprint density at radius 2 is 2.00 bits per heavy atom. The van der Waals surface area contributed by atoms with E-state index in [9.17, 15) is 13.2 Å². The molecule has 0 aromatic heterocycles. The second-order valence-electron chi connectivity index (χ2n) is 3.15. The van der Waals surface area contributed by atoms with Crippen LogP contribution < -0.4 is 5.32 Å². The largest absolute Gasteiger partial charge is 0.473 e. The van der Waals surface area contributed by atoms with Crippen molar-refractivity contribution in [3.8, 4) is 0 Å². The van der Waals surface area contributed by atoms with Crippen LogP contribution in [-0.4, -0.2) is 0 Å². The van der Waals surface area contributed by atoms with Crippen molar-refractivity contribution in [2.24, 2.45) is 0 Å². The first-order valence-corrected chi connectivity index (χ1v) is 4.25. The van der Waals surface area contributed by atoms with Gasteiger partial charge in [0.15, 0.2) is 0 Å². The smallest absolute Gasteiger partial charge is 0.416 e. The zero-order valence-corrected chi connectivity index (χ0v) is 7.81. The molecule has 4 heteroatoms. The van der Waals surface area contributed by atoms with E-state index in [0.717, 1.165) is 12.1 Å². The molecule has 78 valence electrons. The lowest BCUT2D eigenvalue weighted by molar-refractivity contribution is -0.637. The monoisotopic (exact) mass is 203 g/mol. The average Bonchev–Trinajstić information content (AvgIpc) is 2.15. The molecule has 0 radical (unpaired) electrons. The zero-order chi connectivity index (χ0) is 10.8. The zero-order valence-electron chi connectivity index (χ0n) is 7.81. The number of nitrogens with two attached hydrogens (primary N) is 1. The van der Waals surface area contributed by atoms with E-state index in [0.29, 0.717) is 5.56 Å². The minimum absolute atomic E-state index is 0.0581. The molecule has 0 amide bonds. The molecular weight excluding hydrogens is 191 g/mol. The highest BCUT2D eigenvalue weighted by Crippen LogP contribution is 2.30. The van der Waals surface area contributed by atoms with Crippen LogP contribution in [0.1, 0.15) is 24.1 Å². The van der Waals surface area contributed by atoms with E-state index in [1.165, 1.54) is 6.07 Å². The third kappa shape index (κ3) is 2.48. The van der Waals surface area contributed by atoms with Gasteiger partial charge in [-0.3, -0.25) is 0 Å². The van der Waals surface area contributed by atoms with Crippen molar-refractivity contribution in [1.29, 1.82) is 0 Å². The number of quaternary nitrogens is 1. The highest BCUT2D eigenvalue weighted by Gasteiger charge is 2.30. The topological polar surface area (TPSA) is 16.6 Å². The Kier molecular flexibility index (Phi) is 3.16. The van der Waals surface area contributed by atoms with Gasteiger partial charge < -0.3 is 5.32 Å².